The van der Waals surface area contributed by atoms with Crippen molar-refractivity contribution < 1.29 is 14.6 Å². The van der Waals surface area contributed by atoms with Crippen molar-refractivity contribution >= 4 is 16.9 Å². The largest absolute Gasteiger partial charge is 0.493 e. The number of hydrogen-bond donors (Lipinski definition) is 1. The number of carboxylic acids is 1. The van der Waals surface area contributed by atoms with Crippen molar-refractivity contribution in [3.63, 3.8) is 0 Å². The van der Waals surface area contributed by atoms with E-state index < -0.39 is 5.97 Å². The molecule has 1 N–H and O–H groups in total. The van der Waals surface area contributed by atoms with Gasteiger partial charge >= 0.3 is 5.97 Å². The molecule has 0 saturated heterocycles. The Morgan fingerprint density at radius 3 is 2.94 bits per heavy atom. The summed E-state index contributed by atoms with van der Waals surface area (Å²) in [5, 5.41) is 9.51. The molecular weight excluding hydrogens is 230 g/mol. The normalized spacial score (nSPS) is 10.4. The summed E-state index contributed by atoms with van der Waals surface area (Å²) in [6, 6.07) is 9.59. The average molecular weight is 245 g/mol. The molecule has 1 aromatic carbocycles. The Hall–Kier alpha value is -2.10. The molecular formula is C14H15NO3. The van der Waals surface area contributed by atoms with Crippen LogP contribution in [0.2, 0.25) is 0 Å². The zero-order valence-electron chi connectivity index (χ0n) is 10.0. The van der Waals surface area contributed by atoms with Gasteiger partial charge in [-0.2, -0.15) is 0 Å². The summed E-state index contributed by atoms with van der Waals surface area (Å²) in [6.45, 7) is 0.529. The van der Waals surface area contributed by atoms with Crippen LogP contribution < -0.4 is 4.74 Å². The van der Waals surface area contributed by atoms with Crippen LogP contribution in [0.5, 0.6) is 5.75 Å². The first kappa shape index (κ1) is 12.4. The number of carboxylic acid groups (broad SMARTS) is 1. The number of nitrogens with zero attached hydrogens (tertiary/aromatic N) is 1. The highest BCUT2D eigenvalue weighted by Crippen LogP contribution is 2.23. The molecule has 2 rings (SSSR count). The third-order valence-electron chi connectivity index (χ3n) is 2.65. The van der Waals surface area contributed by atoms with Gasteiger partial charge in [0.2, 0.25) is 0 Å². The fraction of sp³-hybridized carbons (Fsp3) is 0.286. The van der Waals surface area contributed by atoms with Gasteiger partial charge in [0.05, 0.1) is 12.1 Å². The lowest BCUT2D eigenvalue weighted by Gasteiger charge is -2.08. The summed E-state index contributed by atoms with van der Waals surface area (Å²) in [7, 11) is 0. The molecule has 0 spiro atoms. The number of carbonyl (C=O) groups is 1. The van der Waals surface area contributed by atoms with Gasteiger partial charge in [0.25, 0.3) is 0 Å². The molecule has 94 valence electrons. The fourth-order valence-corrected chi connectivity index (χ4v) is 1.76. The smallest absolute Gasteiger partial charge is 0.303 e. The van der Waals surface area contributed by atoms with Crippen molar-refractivity contribution in [3.8, 4) is 5.75 Å². The number of unbranched alkanes of at least 4 members (excludes halogenated alkanes) is 1. The van der Waals surface area contributed by atoms with Gasteiger partial charge in [-0.15, -0.1) is 0 Å². The van der Waals surface area contributed by atoms with Crippen molar-refractivity contribution in [1.82, 2.24) is 4.98 Å². The third kappa shape index (κ3) is 3.20. The predicted molar refractivity (Wildman–Crippen MR) is 68.7 cm³/mol. The Bertz CT molecular complexity index is 534. The standard InChI is InChI=1S/C14H15NO3/c16-14(17)8-1-2-10-18-13-7-3-6-12-11(13)5-4-9-15-12/h3-7,9H,1-2,8,10H2,(H,16,17). The van der Waals surface area contributed by atoms with E-state index in [0.29, 0.717) is 13.0 Å². The minimum absolute atomic E-state index is 0.195. The number of fused-ring (bicyclic) bond motifs is 1. The van der Waals surface area contributed by atoms with Gasteiger partial charge < -0.3 is 9.84 Å². The second-order valence-electron chi connectivity index (χ2n) is 4.03. The fourth-order valence-electron chi connectivity index (χ4n) is 1.76. The highest BCUT2D eigenvalue weighted by atomic mass is 16.5. The Kier molecular flexibility index (Phi) is 4.12. The second-order valence-corrected chi connectivity index (χ2v) is 4.03. The highest BCUT2D eigenvalue weighted by molar-refractivity contribution is 5.84. The van der Waals surface area contributed by atoms with Gasteiger partial charge in [-0.1, -0.05) is 6.07 Å². The first-order valence-corrected chi connectivity index (χ1v) is 5.96. The second kappa shape index (κ2) is 6.00. The number of pyridine rings is 1. The van der Waals surface area contributed by atoms with E-state index >= 15 is 0 Å². The van der Waals surface area contributed by atoms with Crippen LogP contribution in [-0.2, 0) is 4.79 Å². The molecule has 1 heterocycles. The molecule has 0 radical (unpaired) electrons. The molecule has 4 nitrogen and oxygen atoms in total. The number of aliphatic carboxylic acids is 1. The molecule has 2 aromatic rings. The van der Waals surface area contributed by atoms with Crippen LogP contribution in [0, 0.1) is 0 Å². The zero-order chi connectivity index (χ0) is 12.8. The van der Waals surface area contributed by atoms with Crippen LogP contribution in [0.1, 0.15) is 19.3 Å². The van der Waals surface area contributed by atoms with E-state index in [1.165, 1.54) is 0 Å². The monoisotopic (exact) mass is 245 g/mol. The third-order valence-corrected chi connectivity index (χ3v) is 2.65. The number of benzene rings is 1. The maximum absolute atomic E-state index is 10.4. The lowest BCUT2D eigenvalue weighted by atomic mass is 10.2. The molecule has 0 aliphatic heterocycles. The summed E-state index contributed by atoms with van der Waals surface area (Å²) >= 11 is 0. The molecule has 4 heteroatoms. The topological polar surface area (TPSA) is 59.4 Å². The molecule has 1 aromatic heterocycles. The molecule has 0 saturated carbocycles. The lowest BCUT2D eigenvalue weighted by Crippen LogP contribution is -2.00. The van der Waals surface area contributed by atoms with Crippen molar-refractivity contribution in [1.29, 1.82) is 0 Å². The van der Waals surface area contributed by atoms with E-state index in [1.807, 2.05) is 30.3 Å². The van der Waals surface area contributed by atoms with Gasteiger partial charge in [-0.3, -0.25) is 9.78 Å². The number of aromatic nitrogens is 1. The maximum Gasteiger partial charge on any atom is 0.303 e. The molecule has 0 aliphatic carbocycles. The quantitative estimate of drug-likeness (QED) is 0.795. The van der Waals surface area contributed by atoms with Crippen molar-refractivity contribution in [2.75, 3.05) is 6.61 Å². The molecule has 0 unspecified atom stereocenters. The Morgan fingerprint density at radius 1 is 1.22 bits per heavy atom. The Balaban J connectivity index is 1.93. The molecule has 0 amide bonds. The number of ether oxygens (including phenoxy) is 1. The summed E-state index contributed by atoms with van der Waals surface area (Å²) in [6.07, 6.45) is 3.32. The number of hydrogen-bond acceptors (Lipinski definition) is 3. The van der Waals surface area contributed by atoms with E-state index in [-0.39, 0.29) is 6.42 Å². The van der Waals surface area contributed by atoms with Crippen molar-refractivity contribution in [2.45, 2.75) is 19.3 Å². The summed E-state index contributed by atoms with van der Waals surface area (Å²) in [4.78, 5) is 14.6. The number of rotatable bonds is 6. The lowest BCUT2D eigenvalue weighted by molar-refractivity contribution is -0.137. The molecule has 0 aliphatic rings. The van der Waals surface area contributed by atoms with E-state index in [4.69, 9.17) is 9.84 Å². The van der Waals surface area contributed by atoms with E-state index in [0.717, 1.165) is 23.1 Å². The minimum Gasteiger partial charge on any atom is -0.493 e. The Labute approximate surface area is 105 Å². The summed E-state index contributed by atoms with van der Waals surface area (Å²) in [5.41, 5.74) is 0.903. The minimum atomic E-state index is -0.760. The average Bonchev–Trinajstić information content (AvgIpc) is 2.38. The van der Waals surface area contributed by atoms with Crippen LogP contribution in [0.25, 0.3) is 10.9 Å². The maximum atomic E-state index is 10.4. The first-order valence-electron chi connectivity index (χ1n) is 5.96. The first-order chi connectivity index (χ1) is 8.77. The Morgan fingerprint density at radius 2 is 2.11 bits per heavy atom. The van der Waals surface area contributed by atoms with Crippen LogP contribution in [-0.4, -0.2) is 22.7 Å². The predicted octanol–water partition coefficient (Wildman–Crippen LogP) is 2.87. The van der Waals surface area contributed by atoms with Crippen LogP contribution >= 0.6 is 0 Å². The highest BCUT2D eigenvalue weighted by Gasteiger charge is 2.02. The summed E-state index contributed by atoms with van der Waals surface area (Å²) in [5.74, 6) is 0.0419. The van der Waals surface area contributed by atoms with Gasteiger partial charge in [0.1, 0.15) is 5.75 Å². The van der Waals surface area contributed by atoms with E-state index in [9.17, 15) is 4.79 Å². The molecule has 0 atom stereocenters. The van der Waals surface area contributed by atoms with Crippen LogP contribution in [0.3, 0.4) is 0 Å². The van der Waals surface area contributed by atoms with Crippen LogP contribution in [0.4, 0.5) is 0 Å². The van der Waals surface area contributed by atoms with Gasteiger partial charge in [0, 0.05) is 18.0 Å². The summed E-state index contributed by atoms with van der Waals surface area (Å²) < 4.78 is 5.67. The molecule has 0 fully saturated rings. The van der Waals surface area contributed by atoms with E-state index in [1.54, 1.807) is 6.20 Å². The van der Waals surface area contributed by atoms with Crippen molar-refractivity contribution in [2.24, 2.45) is 0 Å². The van der Waals surface area contributed by atoms with Gasteiger partial charge in [-0.25, -0.2) is 0 Å². The van der Waals surface area contributed by atoms with Gasteiger partial charge in [-0.05, 0) is 37.1 Å². The van der Waals surface area contributed by atoms with Crippen LogP contribution in [0.15, 0.2) is 36.5 Å². The van der Waals surface area contributed by atoms with Crippen molar-refractivity contribution in [3.05, 3.63) is 36.5 Å². The zero-order valence-corrected chi connectivity index (χ0v) is 10.0. The molecule has 18 heavy (non-hydrogen) atoms. The van der Waals surface area contributed by atoms with Gasteiger partial charge in [0.15, 0.2) is 0 Å². The SMILES string of the molecule is O=C(O)CCCCOc1cccc2ncccc12. The van der Waals surface area contributed by atoms with E-state index in [2.05, 4.69) is 4.98 Å². The molecule has 0 bridgehead atoms.